The summed E-state index contributed by atoms with van der Waals surface area (Å²) < 4.78 is 0. The highest BCUT2D eigenvalue weighted by Gasteiger charge is 2.51. The van der Waals surface area contributed by atoms with Crippen molar-refractivity contribution in [1.82, 2.24) is 5.32 Å². The van der Waals surface area contributed by atoms with Crippen LogP contribution in [0.25, 0.3) is 0 Å². The molecule has 5 aliphatic rings. The number of hydrogen-bond acceptors (Lipinski definition) is 4. The molecule has 4 bridgehead atoms. The molecule has 4 aliphatic carbocycles. The predicted molar refractivity (Wildman–Crippen MR) is 137 cm³/mol. The minimum Gasteiger partial charge on any atom is -0.301 e. The Labute approximate surface area is 205 Å². The number of nitrogens with one attached hydrogen (secondary N) is 1. The topological polar surface area (TPSA) is 61.8 Å². The van der Waals surface area contributed by atoms with E-state index in [1.165, 1.54) is 55.2 Å². The zero-order valence-electron chi connectivity index (χ0n) is 19.4. The Morgan fingerprint density at radius 2 is 1.53 bits per heavy atom. The molecule has 34 heavy (non-hydrogen) atoms. The van der Waals surface area contributed by atoms with Gasteiger partial charge in [-0.05, 0) is 111 Å². The number of carbonyl (C=O) groups excluding carboxylic acids is 2. The lowest BCUT2D eigenvalue weighted by Gasteiger charge is -2.57. The Balaban J connectivity index is 1.20. The molecule has 0 spiro atoms. The summed E-state index contributed by atoms with van der Waals surface area (Å²) in [6, 6.07) is 16.0. The molecule has 1 saturated heterocycles. The molecular formula is C28H29N3O2S. The van der Waals surface area contributed by atoms with Crippen molar-refractivity contribution in [1.29, 1.82) is 0 Å². The van der Waals surface area contributed by atoms with Crippen LogP contribution in [0.15, 0.2) is 53.5 Å². The molecule has 0 radical (unpaired) electrons. The van der Waals surface area contributed by atoms with Crippen LogP contribution >= 0.6 is 12.2 Å². The van der Waals surface area contributed by atoms with Gasteiger partial charge >= 0.3 is 0 Å². The van der Waals surface area contributed by atoms with Crippen molar-refractivity contribution in [2.75, 3.05) is 4.90 Å². The van der Waals surface area contributed by atoms with E-state index in [2.05, 4.69) is 22.4 Å². The lowest BCUT2D eigenvalue weighted by atomic mass is 9.48. The highest BCUT2D eigenvalue weighted by Crippen LogP contribution is 2.60. The number of hydrogen-bond donors (Lipinski definition) is 1. The van der Waals surface area contributed by atoms with E-state index < -0.39 is 11.8 Å². The molecule has 0 aromatic heterocycles. The zero-order valence-corrected chi connectivity index (χ0v) is 20.2. The molecule has 5 nitrogen and oxygen atoms in total. The monoisotopic (exact) mass is 471 g/mol. The maximum absolute atomic E-state index is 13.2. The van der Waals surface area contributed by atoms with Gasteiger partial charge in [0.2, 0.25) is 5.91 Å². The average Bonchev–Trinajstić information content (AvgIpc) is 2.79. The van der Waals surface area contributed by atoms with E-state index in [1.54, 1.807) is 0 Å². The van der Waals surface area contributed by atoms with Gasteiger partial charge in [0, 0.05) is 6.21 Å². The van der Waals surface area contributed by atoms with Crippen LogP contribution in [0.4, 0.5) is 11.4 Å². The van der Waals surface area contributed by atoms with Crippen LogP contribution in [-0.2, 0) is 15.0 Å². The van der Waals surface area contributed by atoms with Crippen LogP contribution in [0.1, 0.15) is 49.7 Å². The summed E-state index contributed by atoms with van der Waals surface area (Å²) in [7, 11) is 0. The Morgan fingerprint density at radius 3 is 2.12 bits per heavy atom. The summed E-state index contributed by atoms with van der Waals surface area (Å²) in [5, 5.41) is 2.75. The Hall–Kier alpha value is -2.86. The van der Waals surface area contributed by atoms with E-state index in [-0.39, 0.29) is 11.0 Å². The van der Waals surface area contributed by atoms with Crippen molar-refractivity contribution in [2.24, 2.45) is 28.7 Å². The molecule has 1 N–H and O–H groups in total. The van der Waals surface area contributed by atoms with E-state index in [1.807, 2.05) is 43.3 Å². The van der Waals surface area contributed by atoms with Gasteiger partial charge < -0.3 is 5.32 Å². The first-order chi connectivity index (χ1) is 16.4. The SMILES string of the molecule is Cc1ccc(N2C(=O)[C@@H](C=Nc3ccc(C45CC6CC(CC(C6)C4)C5)cc3)C(=O)NC2=S)cc1. The molecule has 5 fully saturated rings. The summed E-state index contributed by atoms with van der Waals surface area (Å²) in [5.41, 5.74) is 4.26. The maximum atomic E-state index is 13.2. The standard InChI is InChI=1S/C28H29N3O2S/c1-17-2-8-23(9-3-17)31-26(33)24(25(32)30-27(31)34)16-29-22-6-4-21(5-7-22)28-13-18-10-19(14-28)12-20(11-18)15-28/h2-9,16,18-20,24H,10-15H2,1H3,(H,30,32,34)/t18?,19?,20?,24-,28?/m0/s1. The molecule has 4 saturated carbocycles. The number of aryl methyl sites for hydroxylation is 1. The molecule has 174 valence electrons. The van der Waals surface area contributed by atoms with E-state index in [9.17, 15) is 9.59 Å². The zero-order chi connectivity index (χ0) is 23.4. The molecule has 1 atom stereocenters. The second kappa shape index (κ2) is 8.12. The predicted octanol–water partition coefficient (Wildman–Crippen LogP) is 5.23. The number of aliphatic imine (C=N–C) groups is 1. The Bertz CT molecular complexity index is 1150. The van der Waals surface area contributed by atoms with Gasteiger partial charge in [-0.2, -0.15) is 0 Å². The normalized spacial score (nSPS) is 32.5. The lowest BCUT2D eigenvalue weighted by molar-refractivity contribution is -0.130. The van der Waals surface area contributed by atoms with Crippen LogP contribution in [0.3, 0.4) is 0 Å². The maximum Gasteiger partial charge on any atom is 0.251 e. The van der Waals surface area contributed by atoms with Crippen LogP contribution in [-0.4, -0.2) is 23.1 Å². The average molecular weight is 472 g/mol. The second-order valence-corrected chi connectivity index (χ2v) is 11.2. The first-order valence-corrected chi connectivity index (χ1v) is 12.7. The molecular weight excluding hydrogens is 442 g/mol. The van der Waals surface area contributed by atoms with Gasteiger partial charge in [-0.1, -0.05) is 29.8 Å². The highest BCUT2D eigenvalue weighted by molar-refractivity contribution is 7.80. The van der Waals surface area contributed by atoms with Crippen molar-refractivity contribution in [3.05, 3.63) is 59.7 Å². The first-order valence-electron chi connectivity index (χ1n) is 12.3. The van der Waals surface area contributed by atoms with Crippen LogP contribution in [0.2, 0.25) is 0 Å². The summed E-state index contributed by atoms with van der Waals surface area (Å²) >= 11 is 5.28. The van der Waals surface area contributed by atoms with Gasteiger partial charge in [0.05, 0.1) is 11.4 Å². The third-order valence-corrected chi connectivity index (χ3v) is 8.67. The number of amides is 2. The van der Waals surface area contributed by atoms with Crippen molar-refractivity contribution in [3.8, 4) is 0 Å². The van der Waals surface area contributed by atoms with E-state index in [0.717, 1.165) is 29.0 Å². The fraction of sp³-hybridized carbons (Fsp3) is 0.429. The van der Waals surface area contributed by atoms with E-state index in [4.69, 9.17) is 12.2 Å². The second-order valence-electron chi connectivity index (χ2n) is 10.8. The quantitative estimate of drug-likeness (QED) is 0.377. The highest BCUT2D eigenvalue weighted by atomic mass is 32.1. The fourth-order valence-corrected chi connectivity index (χ4v) is 7.48. The van der Waals surface area contributed by atoms with Crippen LogP contribution in [0.5, 0.6) is 0 Å². The summed E-state index contributed by atoms with van der Waals surface area (Å²) in [5.74, 6) is 0.877. The van der Waals surface area contributed by atoms with E-state index in [0.29, 0.717) is 11.1 Å². The van der Waals surface area contributed by atoms with Gasteiger partial charge in [-0.3, -0.25) is 19.5 Å². The van der Waals surface area contributed by atoms with Crippen LogP contribution < -0.4 is 10.2 Å². The molecule has 1 aliphatic heterocycles. The molecule has 1 heterocycles. The van der Waals surface area contributed by atoms with Gasteiger partial charge in [-0.15, -0.1) is 0 Å². The first kappa shape index (κ1) is 21.7. The van der Waals surface area contributed by atoms with Crippen molar-refractivity contribution in [3.63, 3.8) is 0 Å². The fourth-order valence-electron chi connectivity index (χ4n) is 7.19. The van der Waals surface area contributed by atoms with Crippen molar-refractivity contribution in [2.45, 2.75) is 50.9 Å². The van der Waals surface area contributed by atoms with Gasteiger partial charge in [0.15, 0.2) is 11.0 Å². The van der Waals surface area contributed by atoms with Gasteiger partial charge in [-0.25, -0.2) is 0 Å². The summed E-state index contributed by atoms with van der Waals surface area (Å²) in [6.45, 7) is 1.98. The Morgan fingerprint density at radius 1 is 0.941 bits per heavy atom. The van der Waals surface area contributed by atoms with Gasteiger partial charge in [0.1, 0.15) is 0 Å². The minimum atomic E-state index is -1.02. The molecule has 2 aromatic rings. The largest absolute Gasteiger partial charge is 0.301 e. The minimum absolute atomic E-state index is 0.100. The lowest BCUT2D eigenvalue weighted by Crippen LogP contribution is -2.58. The van der Waals surface area contributed by atoms with Crippen LogP contribution in [0, 0.1) is 30.6 Å². The van der Waals surface area contributed by atoms with Crippen molar-refractivity contribution >= 4 is 46.7 Å². The Kier molecular flexibility index (Phi) is 5.17. The number of benzene rings is 2. The molecule has 2 aromatic carbocycles. The number of carbonyl (C=O) groups is 2. The van der Waals surface area contributed by atoms with E-state index >= 15 is 0 Å². The molecule has 6 heteroatoms. The smallest absolute Gasteiger partial charge is 0.251 e. The number of anilines is 1. The summed E-state index contributed by atoms with van der Waals surface area (Å²) in [6.07, 6.45) is 9.72. The number of thiocarbonyl (C=S) groups is 1. The molecule has 7 rings (SSSR count). The molecule has 2 amide bonds. The number of nitrogens with zero attached hydrogens (tertiary/aromatic N) is 2. The number of rotatable bonds is 4. The third-order valence-electron chi connectivity index (χ3n) is 8.38. The summed E-state index contributed by atoms with van der Waals surface area (Å²) in [4.78, 5) is 31.6. The molecule has 0 unspecified atom stereocenters. The third kappa shape index (κ3) is 3.68. The van der Waals surface area contributed by atoms with Crippen molar-refractivity contribution < 1.29 is 9.59 Å². The van der Waals surface area contributed by atoms with Gasteiger partial charge in [0.25, 0.3) is 5.91 Å².